The minimum absolute atomic E-state index is 0.238. The number of guanidine groups is 1. The Kier molecular flexibility index (Phi) is 8.33. The van der Waals surface area contributed by atoms with Gasteiger partial charge in [0.1, 0.15) is 11.6 Å². The van der Waals surface area contributed by atoms with Crippen molar-refractivity contribution >= 4 is 5.96 Å². The van der Waals surface area contributed by atoms with Gasteiger partial charge in [0, 0.05) is 32.6 Å². The number of nitrogens with one attached hydrogen (secondary N) is 2. The Morgan fingerprint density at radius 2 is 1.96 bits per heavy atom. The van der Waals surface area contributed by atoms with E-state index in [1.54, 1.807) is 12.3 Å². The molecule has 2 N–H and O–H groups in total. The first-order valence-electron chi connectivity index (χ1n) is 9.89. The molecule has 152 valence electrons. The van der Waals surface area contributed by atoms with E-state index in [0.717, 1.165) is 69.5 Å². The van der Waals surface area contributed by atoms with Crippen LogP contribution < -0.4 is 10.6 Å². The molecule has 3 rings (SSSR count). The molecule has 0 aliphatic carbocycles. The van der Waals surface area contributed by atoms with Gasteiger partial charge in [-0.1, -0.05) is 12.1 Å². The average molecular weight is 388 g/mol. The smallest absolute Gasteiger partial charge is 0.191 e. The van der Waals surface area contributed by atoms with Gasteiger partial charge >= 0.3 is 0 Å². The second-order valence-corrected chi connectivity index (χ2v) is 6.79. The number of furan rings is 1. The molecule has 0 unspecified atom stereocenters. The quantitative estimate of drug-likeness (QED) is 0.392. The highest BCUT2D eigenvalue weighted by Crippen LogP contribution is 2.05. The van der Waals surface area contributed by atoms with Gasteiger partial charge in [0.2, 0.25) is 0 Å². The van der Waals surface area contributed by atoms with Crippen LogP contribution in [0.4, 0.5) is 4.39 Å². The lowest BCUT2D eigenvalue weighted by Crippen LogP contribution is -2.41. The van der Waals surface area contributed by atoms with Crippen molar-refractivity contribution in [3.05, 3.63) is 59.8 Å². The Balaban J connectivity index is 1.46. The number of halogens is 1. The highest BCUT2D eigenvalue weighted by atomic mass is 19.1. The van der Waals surface area contributed by atoms with Gasteiger partial charge in [-0.2, -0.15) is 0 Å². The summed E-state index contributed by atoms with van der Waals surface area (Å²) >= 11 is 0. The number of hydrogen-bond donors (Lipinski definition) is 2. The number of nitrogens with zero attached hydrogens (tertiary/aromatic N) is 2. The molecule has 1 aromatic heterocycles. The van der Waals surface area contributed by atoms with Gasteiger partial charge in [0.05, 0.1) is 26.0 Å². The first-order chi connectivity index (χ1) is 13.8. The van der Waals surface area contributed by atoms with Crippen LogP contribution >= 0.6 is 0 Å². The third-order valence-electron chi connectivity index (χ3n) is 4.60. The standard InChI is InChI=1S/C21H29FN4O2/c22-19-5-1-4-18(16-19)17-25-21(24-9-7-20-6-2-13-28-20)23-8-3-10-26-11-14-27-15-12-26/h1-2,4-6,13,16H,3,7-12,14-15,17H2,(H2,23,24,25). The first-order valence-corrected chi connectivity index (χ1v) is 9.89. The number of benzene rings is 1. The monoisotopic (exact) mass is 388 g/mol. The molecule has 7 heteroatoms. The Morgan fingerprint density at radius 3 is 2.75 bits per heavy atom. The number of rotatable bonds is 9. The van der Waals surface area contributed by atoms with Crippen molar-refractivity contribution in [3.8, 4) is 0 Å². The van der Waals surface area contributed by atoms with Gasteiger partial charge < -0.3 is 19.8 Å². The predicted molar refractivity (Wildman–Crippen MR) is 108 cm³/mol. The fourth-order valence-electron chi connectivity index (χ4n) is 3.07. The van der Waals surface area contributed by atoms with E-state index in [1.165, 1.54) is 12.1 Å². The molecule has 0 amide bonds. The molecule has 0 radical (unpaired) electrons. The van der Waals surface area contributed by atoms with Gasteiger partial charge in [-0.05, 0) is 42.8 Å². The van der Waals surface area contributed by atoms with Crippen LogP contribution in [0.25, 0.3) is 0 Å². The summed E-state index contributed by atoms with van der Waals surface area (Å²) in [6.07, 6.45) is 3.48. The molecule has 0 bridgehead atoms. The van der Waals surface area contributed by atoms with E-state index in [1.807, 2.05) is 18.2 Å². The molecule has 6 nitrogen and oxygen atoms in total. The van der Waals surface area contributed by atoms with Crippen LogP contribution in [0.5, 0.6) is 0 Å². The Morgan fingerprint density at radius 1 is 1.11 bits per heavy atom. The molecular formula is C21H29FN4O2. The number of aliphatic imine (C=N–C) groups is 1. The van der Waals surface area contributed by atoms with E-state index < -0.39 is 0 Å². The Labute approximate surface area is 165 Å². The van der Waals surface area contributed by atoms with Crippen molar-refractivity contribution in [2.45, 2.75) is 19.4 Å². The third-order valence-corrected chi connectivity index (χ3v) is 4.60. The zero-order valence-electron chi connectivity index (χ0n) is 16.2. The third kappa shape index (κ3) is 7.32. The SMILES string of the molecule is Fc1cccc(CN=C(NCCCN2CCOCC2)NCCc2ccco2)c1. The van der Waals surface area contributed by atoms with Crippen LogP contribution in [-0.4, -0.2) is 56.8 Å². The van der Waals surface area contributed by atoms with Crippen molar-refractivity contribution in [1.82, 2.24) is 15.5 Å². The molecule has 2 heterocycles. The van der Waals surface area contributed by atoms with E-state index in [9.17, 15) is 4.39 Å². The first kappa shape index (κ1) is 20.4. The molecule has 1 saturated heterocycles. The van der Waals surface area contributed by atoms with E-state index in [4.69, 9.17) is 9.15 Å². The summed E-state index contributed by atoms with van der Waals surface area (Å²) in [5, 5.41) is 6.71. The summed E-state index contributed by atoms with van der Waals surface area (Å²) < 4.78 is 24.1. The molecule has 1 aliphatic heterocycles. The maximum atomic E-state index is 13.4. The lowest BCUT2D eigenvalue weighted by molar-refractivity contribution is 0.0376. The summed E-state index contributed by atoms with van der Waals surface area (Å²) in [6.45, 7) is 6.66. The lowest BCUT2D eigenvalue weighted by atomic mass is 10.2. The maximum Gasteiger partial charge on any atom is 0.191 e. The van der Waals surface area contributed by atoms with Crippen LogP contribution in [0.3, 0.4) is 0 Å². The Hall–Kier alpha value is -2.38. The molecular weight excluding hydrogens is 359 g/mol. The zero-order chi connectivity index (χ0) is 19.4. The molecule has 2 aromatic rings. The van der Waals surface area contributed by atoms with Crippen LogP contribution in [0.1, 0.15) is 17.7 Å². The van der Waals surface area contributed by atoms with Crippen LogP contribution in [0.2, 0.25) is 0 Å². The molecule has 0 spiro atoms. The number of morpholine rings is 1. The van der Waals surface area contributed by atoms with Crippen molar-refractivity contribution in [3.63, 3.8) is 0 Å². The fraction of sp³-hybridized carbons (Fsp3) is 0.476. The van der Waals surface area contributed by atoms with Crippen LogP contribution in [-0.2, 0) is 17.7 Å². The zero-order valence-corrected chi connectivity index (χ0v) is 16.2. The lowest BCUT2D eigenvalue weighted by Gasteiger charge is -2.26. The fourth-order valence-corrected chi connectivity index (χ4v) is 3.07. The molecule has 0 saturated carbocycles. The molecule has 0 atom stereocenters. The molecule has 1 aromatic carbocycles. The maximum absolute atomic E-state index is 13.4. The minimum atomic E-state index is -0.238. The second kappa shape index (κ2) is 11.5. The minimum Gasteiger partial charge on any atom is -0.469 e. The summed E-state index contributed by atoms with van der Waals surface area (Å²) in [5.74, 6) is 1.43. The van der Waals surface area contributed by atoms with E-state index in [-0.39, 0.29) is 5.82 Å². The molecule has 28 heavy (non-hydrogen) atoms. The van der Waals surface area contributed by atoms with Crippen molar-refractivity contribution in [2.24, 2.45) is 4.99 Å². The Bertz CT molecular complexity index is 715. The number of hydrogen-bond acceptors (Lipinski definition) is 4. The van der Waals surface area contributed by atoms with Crippen LogP contribution in [0, 0.1) is 5.82 Å². The van der Waals surface area contributed by atoms with Crippen molar-refractivity contribution < 1.29 is 13.5 Å². The highest BCUT2D eigenvalue weighted by molar-refractivity contribution is 5.79. The summed E-state index contributed by atoms with van der Waals surface area (Å²) in [5.41, 5.74) is 0.848. The molecule has 1 aliphatic rings. The summed E-state index contributed by atoms with van der Waals surface area (Å²) in [6, 6.07) is 10.4. The van der Waals surface area contributed by atoms with Crippen LogP contribution in [0.15, 0.2) is 52.1 Å². The highest BCUT2D eigenvalue weighted by Gasteiger charge is 2.09. The van der Waals surface area contributed by atoms with Crippen molar-refractivity contribution in [1.29, 1.82) is 0 Å². The van der Waals surface area contributed by atoms with E-state index in [0.29, 0.717) is 13.1 Å². The summed E-state index contributed by atoms with van der Waals surface area (Å²) in [7, 11) is 0. The average Bonchev–Trinajstić information content (AvgIpc) is 3.23. The van der Waals surface area contributed by atoms with Gasteiger partial charge in [0.15, 0.2) is 5.96 Å². The van der Waals surface area contributed by atoms with E-state index in [2.05, 4.69) is 20.5 Å². The largest absolute Gasteiger partial charge is 0.469 e. The number of ether oxygens (including phenoxy) is 1. The van der Waals surface area contributed by atoms with Gasteiger partial charge in [-0.25, -0.2) is 9.38 Å². The topological polar surface area (TPSA) is 62.0 Å². The van der Waals surface area contributed by atoms with Gasteiger partial charge in [-0.3, -0.25) is 4.90 Å². The van der Waals surface area contributed by atoms with Gasteiger partial charge in [0.25, 0.3) is 0 Å². The summed E-state index contributed by atoms with van der Waals surface area (Å²) in [4.78, 5) is 7.02. The predicted octanol–water partition coefficient (Wildman–Crippen LogP) is 2.42. The second-order valence-electron chi connectivity index (χ2n) is 6.79. The van der Waals surface area contributed by atoms with E-state index >= 15 is 0 Å². The van der Waals surface area contributed by atoms with Crippen molar-refractivity contribution in [2.75, 3.05) is 45.9 Å². The molecule has 1 fully saturated rings. The normalized spacial score (nSPS) is 15.5. The van der Waals surface area contributed by atoms with Gasteiger partial charge in [-0.15, -0.1) is 0 Å².